The highest BCUT2D eigenvalue weighted by Gasteiger charge is 2.13. The topological polar surface area (TPSA) is 41.5 Å². The molecule has 1 aliphatic rings. The van der Waals surface area contributed by atoms with Crippen LogP contribution in [0.5, 0.6) is 5.75 Å². The van der Waals surface area contributed by atoms with Gasteiger partial charge in [-0.2, -0.15) is 0 Å². The van der Waals surface area contributed by atoms with Crippen LogP contribution in [0.1, 0.15) is 32.1 Å². The van der Waals surface area contributed by atoms with E-state index in [1.165, 1.54) is 32.1 Å². The van der Waals surface area contributed by atoms with Crippen LogP contribution in [0.25, 0.3) is 0 Å². The van der Waals surface area contributed by atoms with Gasteiger partial charge in [-0.15, -0.1) is 0 Å². The van der Waals surface area contributed by atoms with Gasteiger partial charge in [0.1, 0.15) is 18.5 Å². The summed E-state index contributed by atoms with van der Waals surface area (Å²) in [5.41, 5.74) is 0. The van der Waals surface area contributed by atoms with Crippen LogP contribution in [0.15, 0.2) is 24.3 Å². The maximum absolute atomic E-state index is 9.89. The number of benzene rings is 1. The third-order valence-electron chi connectivity index (χ3n) is 3.78. The maximum Gasteiger partial charge on any atom is 0.120 e. The Bertz CT molecular complexity index is 394. The minimum Gasteiger partial charge on any atom is -0.491 e. The van der Waals surface area contributed by atoms with E-state index in [2.05, 4.69) is 5.32 Å². The summed E-state index contributed by atoms with van der Waals surface area (Å²) < 4.78 is 5.52. The molecule has 0 saturated heterocycles. The Kier molecular flexibility index (Phi) is 6.64. The van der Waals surface area contributed by atoms with Gasteiger partial charge in [0.15, 0.2) is 0 Å². The smallest absolute Gasteiger partial charge is 0.120 e. The van der Waals surface area contributed by atoms with E-state index in [1.54, 1.807) is 12.1 Å². The number of nitrogens with one attached hydrogen (secondary N) is 1. The quantitative estimate of drug-likeness (QED) is 0.812. The zero-order chi connectivity index (χ0) is 14.2. The molecule has 2 N–H and O–H groups in total. The molecule has 0 aliphatic heterocycles. The number of ether oxygens (including phenoxy) is 1. The average Bonchev–Trinajstić information content (AvgIpc) is 2.46. The third-order valence-corrected chi connectivity index (χ3v) is 4.01. The molecule has 0 radical (unpaired) electrons. The van der Waals surface area contributed by atoms with Gasteiger partial charge in [-0.3, -0.25) is 0 Å². The SMILES string of the molecule is OC(CNCC1CCCCC1)COc1cccc(Cl)c1. The van der Waals surface area contributed by atoms with E-state index in [-0.39, 0.29) is 6.61 Å². The van der Waals surface area contributed by atoms with Crippen LogP contribution < -0.4 is 10.1 Å². The molecule has 0 heterocycles. The second kappa shape index (κ2) is 8.50. The zero-order valence-corrected chi connectivity index (χ0v) is 12.6. The molecule has 1 aromatic rings. The molecule has 1 aliphatic carbocycles. The first-order valence-corrected chi connectivity index (χ1v) is 7.89. The lowest BCUT2D eigenvalue weighted by Gasteiger charge is -2.22. The summed E-state index contributed by atoms with van der Waals surface area (Å²) in [5, 5.41) is 13.9. The van der Waals surface area contributed by atoms with Crippen LogP contribution >= 0.6 is 11.6 Å². The van der Waals surface area contributed by atoms with E-state index in [0.717, 1.165) is 12.5 Å². The lowest BCUT2D eigenvalue weighted by molar-refractivity contribution is 0.105. The Morgan fingerprint density at radius 1 is 1.30 bits per heavy atom. The second-order valence-electron chi connectivity index (χ2n) is 5.58. The maximum atomic E-state index is 9.89. The monoisotopic (exact) mass is 297 g/mol. The number of aliphatic hydroxyl groups is 1. The van der Waals surface area contributed by atoms with Crippen molar-refractivity contribution < 1.29 is 9.84 Å². The van der Waals surface area contributed by atoms with Gasteiger partial charge in [0, 0.05) is 11.6 Å². The Balaban J connectivity index is 1.59. The molecule has 1 unspecified atom stereocenters. The average molecular weight is 298 g/mol. The summed E-state index contributed by atoms with van der Waals surface area (Å²) in [6, 6.07) is 7.24. The Labute approximate surface area is 126 Å². The minimum atomic E-state index is -0.488. The summed E-state index contributed by atoms with van der Waals surface area (Å²) in [6.07, 6.45) is 6.24. The van der Waals surface area contributed by atoms with Crippen LogP contribution in [0.4, 0.5) is 0 Å². The molecule has 0 spiro atoms. The van der Waals surface area contributed by atoms with Crippen molar-refractivity contribution in [2.45, 2.75) is 38.2 Å². The standard InChI is InChI=1S/C16H24ClNO2/c17-14-7-4-8-16(9-14)20-12-15(19)11-18-10-13-5-2-1-3-6-13/h4,7-9,13,15,18-19H,1-3,5-6,10-12H2. The van der Waals surface area contributed by atoms with Crippen LogP contribution in [0.3, 0.4) is 0 Å². The van der Waals surface area contributed by atoms with Crippen LogP contribution in [-0.2, 0) is 0 Å². The predicted octanol–water partition coefficient (Wildman–Crippen LogP) is 3.25. The highest BCUT2D eigenvalue weighted by Crippen LogP contribution is 2.22. The first-order valence-electron chi connectivity index (χ1n) is 7.51. The van der Waals surface area contributed by atoms with E-state index >= 15 is 0 Å². The van der Waals surface area contributed by atoms with Gasteiger partial charge in [-0.1, -0.05) is 36.9 Å². The van der Waals surface area contributed by atoms with Crippen LogP contribution in [0, 0.1) is 5.92 Å². The van der Waals surface area contributed by atoms with Crippen molar-refractivity contribution in [3.8, 4) is 5.75 Å². The van der Waals surface area contributed by atoms with Gasteiger partial charge in [-0.25, -0.2) is 0 Å². The first kappa shape index (κ1) is 15.6. The van der Waals surface area contributed by atoms with Gasteiger partial charge >= 0.3 is 0 Å². The number of rotatable bonds is 7. The molecule has 20 heavy (non-hydrogen) atoms. The van der Waals surface area contributed by atoms with E-state index < -0.39 is 6.10 Å². The highest BCUT2D eigenvalue weighted by molar-refractivity contribution is 6.30. The Morgan fingerprint density at radius 3 is 2.85 bits per heavy atom. The van der Waals surface area contributed by atoms with Gasteiger partial charge in [0.2, 0.25) is 0 Å². The number of hydrogen-bond acceptors (Lipinski definition) is 3. The Morgan fingerprint density at radius 2 is 2.10 bits per heavy atom. The minimum absolute atomic E-state index is 0.290. The highest BCUT2D eigenvalue weighted by atomic mass is 35.5. The molecular formula is C16H24ClNO2. The van der Waals surface area contributed by atoms with Crippen molar-refractivity contribution in [1.82, 2.24) is 5.32 Å². The molecule has 0 amide bonds. The van der Waals surface area contributed by atoms with Crippen molar-refractivity contribution >= 4 is 11.6 Å². The fourth-order valence-corrected chi connectivity index (χ4v) is 2.83. The third kappa shape index (κ3) is 5.70. The largest absolute Gasteiger partial charge is 0.491 e. The Hall–Kier alpha value is -0.770. The molecule has 4 heteroatoms. The molecule has 3 nitrogen and oxygen atoms in total. The van der Waals surface area contributed by atoms with Gasteiger partial charge in [0.05, 0.1) is 0 Å². The summed E-state index contributed by atoms with van der Waals surface area (Å²) >= 11 is 5.87. The van der Waals surface area contributed by atoms with Crippen molar-refractivity contribution in [3.05, 3.63) is 29.3 Å². The summed E-state index contributed by atoms with van der Waals surface area (Å²) in [6.45, 7) is 1.88. The van der Waals surface area contributed by atoms with Crippen molar-refractivity contribution in [3.63, 3.8) is 0 Å². The molecule has 1 aromatic carbocycles. The van der Waals surface area contributed by atoms with Crippen molar-refractivity contribution in [1.29, 1.82) is 0 Å². The van der Waals surface area contributed by atoms with E-state index in [1.807, 2.05) is 12.1 Å². The number of halogens is 1. The second-order valence-corrected chi connectivity index (χ2v) is 6.02. The van der Waals surface area contributed by atoms with Crippen molar-refractivity contribution in [2.75, 3.05) is 19.7 Å². The molecular weight excluding hydrogens is 274 g/mol. The number of hydrogen-bond donors (Lipinski definition) is 2. The van der Waals surface area contributed by atoms with Crippen LogP contribution in [0.2, 0.25) is 5.02 Å². The van der Waals surface area contributed by atoms with Gasteiger partial charge in [-0.05, 0) is 43.5 Å². The van der Waals surface area contributed by atoms with Gasteiger partial charge < -0.3 is 15.2 Å². The molecule has 0 aromatic heterocycles. The van der Waals surface area contributed by atoms with E-state index in [4.69, 9.17) is 16.3 Å². The molecule has 2 rings (SSSR count). The van der Waals surface area contributed by atoms with Crippen molar-refractivity contribution in [2.24, 2.45) is 5.92 Å². The van der Waals surface area contributed by atoms with Gasteiger partial charge in [0.25, 0.3) is 0 Å². The molecule has 1 saturated carbocycles. The fraction of sp³-hybridized carbons (Fsp3) is 0.625. The molecule has 112 valence electrons. The fourth-order valence-electron chi connectivity index (χ4n) is 2.65. The molecule has 0 bridgehead atoms. The molecule has 1 fully saturated rings. The van der Waals surface area contributed by atoms with E-state index in [9.17, 15) is 5.11 Å². The summed E-state index contributed by atoms with van der Waals surface area (Å²) in [5.74, 6) is 1.48. The predicted molar refractivity (Wildman–Crippen MR) is 82.4 cm³/mol. The normalized spacial score (nSPS) is 17.9. The zero-order valence-electron chi connectivity index (χ0n) is 11.9. The summed E-state index contributed by atoms with van der Waals surface area (Å²) in [4.78, 5) is 0. The summed E-state index contributed by atoms with van der Waals surface area (Å²) in [7, 11) is 0. The first-order chi connectivity index (χ1) is 9.74. The van der Waals surface area contributed by atoms with Crippen LogP contribution in [-0.4, -0.2) is 30.9 Å². The molecule has 1 atom stereocenters. The lowest BCUT2D eigenvalue weighted by atomic mass is 9.89. The lowest BCUT2D eigenvalue weighted by Crippen LogP contribution is -2.34. The number of aliphatic hydroxyl groups excluding tert-OH is 1. The van der Waals surface area contributed by atoms with E-state index in [0.29, 0.717) is 17.3 Å².